The first-order valence-electron chi connectivity index (χ1n) is 8.33. The molecule has 0 aromatic carbocycles. The molecule has 0 saturated carbocycles. The van der Waals surface area contributed by atoms with Gasteiger partial charge in [0.15, 0.2) is 0 Å². The Kier molecular flexibility index (Phi) is 5.29. The normalized spacial score (nSPS) is 23.4. The number of morpholine rings is 1. The van der Waals surface area contributed by atoms with E-state index in [1.807, 2.05) is 18.7 Å². The average Bonchev–Trinajstić information content (AvgIpc) is 2.94. The quantitative estimate of drug-likeness (QED) is 0.809. The monoisotopic (exact) mass is 372 g/mol. The first kappa shape index (κ1) is 17.8. The highest BCUT2D eigenvalue weighted by Gasteiger charge is 2.36. The fourth-order valence-electron chi connectivity index (χ4n) is 3.41. The minimum atomic E-state index is -3.52. The van der Waals surface area contributed by atoms with E-state index in [0.717, 1.165) is 22.6 Å². The number of sulfonamides is 1. The van der Waals surface area contributed by atoms with Crippen molar-refractivity contribution in [3.8, 4) is 0 Å². The fraction of sp³-hybridized carbons (Fsp3) is 0.688. The van der Waals surface area contributed by atoms with Gasteiger partial charge in [0, 0.05) is 35.9 Å². The molecule has 1 aromatic heterocycles. The molecule has 134 valence electrons. The van der Waals surface area contributed by atoms with Crippen LogP contribution in [0.4, 0.5) is 0 Å². The van der Waals surface area contributed by atoms with Gasteiger partial charge in [-0.3, -0.25) is 4.79 Å². The van der Waals surface area contributed by atoms with Crippen molar-refractivity contribution < 1.29 is 17.9 Å². The molecular formula is C16H24N2O4S2. The summed E-state index contributed by atoms with van der Waals surface area (Å²) in [6.45, 7) is 6.86. The largest absolute Gasteiger partial charge is 0.378 e. The van der Waals surface area contributed by atoms with Crippen LogP contribution in [0, 0.1) is 19.8 Å². The Morgan fingerprint density at radius 2 is 1.96 bits per heavy atom. The second kappa shape index (κ2) is 7.11. The first-order chi connectivity index (χ1) is 11.4. The third-order valence-corrected chi connectivity index (χ3v) is 7.76. The molecule has 0 bridgehead atoms. The summed E-state index contributed by atoms with van der Waals surface area (Å²) in [5, 5.41) is 0. The molecule has 6 nitrogen and oxygen atoms in total. The van der Waals surface area contributed by atoms with Crippen LogP contribution in [0.2, 0.25) is 0 Å². The topological polar surface area (TPSA) is 66.9 Å². The number of amides is 1. The molecule has 3 rings (SSSR count). The van der Waals surface area contributed by atoms with E-state index in [4.69, 9.17) is 4.74 Å². The summed E-state index contributed by atoms with van der Waals surface area (Å²) in [6.07, 6.45) is 1.48. The summed E-state index contributed by atoms with van der Waals surface area (Å²) in [7, 11) is -3.52. The van der Waals surface area contributed by atoms with Gasteiger partial charge in [0.05, 0.1) is 24.0 Å². The summed E-state index contributed by atoms with van der Waals surface area (Å²) in [4.78, 5) is 16.7. The molecule has 0 radical (unpaired) electrons. The van der Waals surface area contributed by atoms with Crippen molar-refractivity contribution in [1.29, 1.82) is 0 Å². The fourth-order valence-corrected chi connectivity index (χ4v) is 6.45. The minimum Gasteiger partial charge on any atom is -0.378 e. The number of hydrogen-bond donors (Lipinski definition) is 0. The predicted molar refractivity (Wildman–Crippen MR) is 92.7 cm³/mol. The summed E-state index contributed by atoms with van der Waals surface area (Å²) in [5.41, 5.74) is 0. The van der Waals surface area contributed by atoms with E-state index in [0.29, 0.717) is 37.7 Å². The van der Waals surface area contributed by atoms with Crippen LogP contribution in [-0.2, 0) is 19.6 Å². The van der Waals surface area contributed by atoms with E-state index in [1.54, 1.807) is 6.07 Å². The lowest BCUT2D eigenvalue weighted by molar-refractivity contribution is -0.140. The molecule has 1 aromatic rings. The molecule has 1 atom stereocenters. The third-order valence-electron chi connectivity index (χ3n) is 4.67. The molecule has 2 saturated heterocycles. The van der Waals surface area contributed by atoms with Gasteiger partial charge < -0.3 is 9.64 Å². The molecule has 0 N–H and O–H groups in total. The Balaban J connectivity index is 1.75. The highest BCUT2D eigenvalue weighted by Crippen LogP contribution is 2.30. The van der Waals surface area contributed by atoms with Crippen molar-refractivity contribution in [2.45, 2.75) is 31.6 Å². The zero-order valence-electron chi connectivity index (χ0n) is 14.2. The molecule has 24 heavy (non-hydrogen) atoms. The van der Waals surface area contributed by atoms with E-state index in [2.05, 4.69) is 0 Å². The number of thiophene rings is 1. The van der Waals surface area contributed by atoms with Gasteiger partial charge in [0.1, 0.15) is 0 Å². The second-order valence-electron chi connectivity index (χ2n) is 6.42. The average molecular weight is 373 g/mol. The Labute approximate surface area is 147 Å². The molecule has 1 amide bonds. The lowest BCUT2D eigenvalue weighted by atomic mass is 9.98. The number of aryl methyl sites for hydroxylation is 2. The van der Waals surface area contributed by atoms with Gasteiger partial charge in [-0.05, 0) is 32.8 Å². The molecular weight excluding hydrogens is 348 g/mol. The lowest BCUT2D eigenvalue weighted by Crippen LogP contribution is -2.49. The van der Waals surface area contributed by atoms with Crippen LogP contribution in [0.5, 0.6) is 0 Å². The first-order valence-corrected chi connectivity index (χ1v) is 10.6. The van der Waals surface area contributed by atoms with Gasteiger partial charge >= 0.3 is 0 Å². The molecule has 0 unspecified atom stereocenters. The lowest BCUT2D eigenvalue weighted by Gasteiger charge is -2.35. The van der Waals surface area contributed by atoms with Crippen molar-refractivity contribution in [2.75, 3.05) is 39.4 Å². The minimum absolute atomic E-state index is 0.0661. The van der Waals surface area contributed by atoms with E-state index >= 15 is 0 Å². The zero-order valence-corrected chi connectivity index (χ0v) is 15.8. The number of nitrogens with zero attached hydrogens (tertiary/aromatic N) is 2. The van der Waals surface area contributed by atoms with Crippen molar-refractivity contribution in [1.82, 2.24) is 9.21 Å². The van der Waals surface area contributed by atoms with Gasteiger partial charge in [0.25, 0.3) is 0 Å². The third kappa shape index (κ3) is 3.51. The van der Waals surface area contributed by atoms with Crippen LogP contribution < -0.4 is 0 Å². The molecule has 3 heterocycles. The van der Waals surface area contributed by atoms with E-state index in [1.165, 1.54) is 15.6 Å². The Morgan fingerprint density at radius 3 is 2.58 bits per heavy atom. The number of ether oxygens (including phenoxy) is 1. The Morgan fingerprint density at radius 1 is 1.25 bits per heavy atom. The Bertz CT molecular complexity index is 708. The molecule has 8 heteroatoms. The highest BCUT2D eigenvalue weighted by molar-refractivity contribution is 7.89. The van der Waals surface area contributed by atoms with Crippen LogP contribution in [0.25, 0.3) is 0 Å². The number of hydrogen-bond acceptors (Lipinski definition) is 5. The van der Waals surface area contributed by atoms with Gasteiger partial charge in [-0.2, -0.15) is 4.31 Å². The van der Waals surface area contributed by atoms with Gasteiger partial charge in [-0.15, -0.1) is 11.3 Å². The highest BCUT2D eigenvalue weighted by atomic mass is 32.2. The van der Waals surface area contributed by atoms with Crippen molar-refractivity contribution in [3.05, 3.63) is 15.8 Å². The number of carbonyl (C=O) groups is 1. The second-order valence-corrected chi connectivity index (χ2v) is 9.78. The molecule has 2 fully saturated rings. The van der Waals surface area contributed by atoms with E-state index < -0.39 is 10.0 Å². The Hall–Kier alpha value is -0.960. The summed E-state index contributed by atoms with van der Waals surface area (Å²) < 4.78 is 32.7. The molecule has 2 aliphatic rings. The molecule has 0 aliphatic carbocycles. The van der Waals surface area contributed by atoms with E-state index in [-0.39, 0.29) is 18.4 Å². The smallest absolute Gasteiger partial charge is 0.244 e. The summed E-state index contributed by atoms with van der Waals surface area (Å²) in [5.74, 6) is -0.178. The maximum absolute atomic E-state index is 13.0. The molecule has 0 spiro atoms. The van der Waals surface area contributed by atoms with Crippen LogP contribution in [-0.4, -0.2) is 62.9 Å². The number of carbonyl (C=O) groups excluding carboxylic acids is 1. The van der Waals surface area contributed by atoms with Gasteiger partial charge in [0.2, 0.25) is 15.9 Å². The van der Waals surface area contributed by atoms with Crippen LogP contribution >= 0.6 is 11.3 Å². The van der Waals surface area contributed by atoms with Crippen molar-refractivity contribution in [3.63, 3.8) is 0 Å². The van der Waals surface area contributed by atoms with Gasteiger partial charge in [-0.1, -0.05) is 0 Å². The summed E-state index contributed by atoms with van der Waals surface area (Å²) >= 11 is 1.50. The SMILES string of the molecule is Cc1cc(S(=O)(=O)N2CCC[C@@H](C(=O)N3CCOCC3)C2)c(C)s1. The van der Waals surface area contributed by atoms with Crippen molar-refractivity contribution >= 4 is 27.3 Å². The van der Waals surface area contributed by atoms with Crippen LogP contribution in [0.3, 0.4) is 0 Å². The van der Waals surface area contributed by atoms with Crippen molar-refractivity contribution in [2.24, 2.45) is 5.92 Å². The van der Waals surface area contributed by atoms with Gasteiger partial charge in [-0.25, -0.2) is 8.42 Å². The standard InChI is InChI=1S/C16H24N2O4S2/c1-12-10-15(13(2)23-12)24(20,21)18-5-3-4-14(11-18)16(19)17-6-8-22-9-7-17/h10,14H,3-9,11H2,1-2H3/t14-/m1/s1. The maximum atomic E-state index is 13.0. The number of piperidine rings is 1. The summed E-state index contributed by atoms with van der Waals surface area (Å²) in [6, 6.07) is 1.74. The molecule has 2 aliphatic heterocycles. The maximum Gasteiger partial charge on any atom is 0.244 e. The van der Waals surface area contributed by atoms with Crippen LogP contribution in [0.1, 0.15) is 22.6 Å². The van der Waals surface area contributed by atoms with E-state index in [9.17, 15) is 13.2 Å². The predicted octanol–water partition coefficient (Wildman–Crippen LogP) is 1.62. The number of rotatable bonds is 3. The zero-order chi connectivity index (χ0) is 17.3. The van der Waals surface area contributed by atoms with Crippen LogP contribution in [0.15, 0.2) is 11.0 Å².